The molecule has 1 aliphatic rings. The van der Waals surface area contributed by atoms with Crippen molar-refractivity contribution in [2.24, 2.45) is 4.99 Å². The second-order valence-corrected chi connectivity index (χ2v) is 5.77. The fourth-order valence-electron chi connectivity index (χ4n) is 2.61. The van der Waals surface area contributed by atoms with Gasteiger partial charge in [0.25, 0.3) is 0 Å². The summed E-state index contributed by atoms with van der Waals surface area (Å²) in [4.78, 5) is 9.59. The summed E-state index contributed by atoms with van der Waals surface area (Å²) in [6, 6.07) is 0. The molecule has 1 fully saturated rings. The molecule has 0 spiro atoms. The Kier molecular flexibility index (Phi) is 9.46. The molecule has 0 aromatic carbocycles. The van der Waals surface area contributed by atoms with E-state index < -0.39 is 0 Å². The lowest BCUT2D eigenvalue weighted by Crippen LogP contribution is -2.39. The van der Waals surface area contributed by atoms with Crippen LogP contribution in [0.4, 0.5) is 0 Å². The van der Waals surface area contributed by atoms with E-state index in [9.17, 15) is 0 Å². The van der Waals surface area contributed by atoms with Crippen LogP contribution in [0, 0.1) is 0 Å². The molecule has 1 saturated heterocycles. The third-order valence-electron chi connectivity index (χ3n) is 3.89. The van der Waals surface area contributed by atoms with Gasteiger partial charge in [-0.05, 0) is 58.7 Å². The predicted molar refractivity (Wildman–Crippen MR) is 88.4 cm³/mol. The van der Waals surface area contributed by atoms with E-state index in [0.717, 1.165) is 25.6 Å². The van der Waals surface area contributed by atoms with Crippen LogP contribution in [-0.4, -0.2) is 62.1 Å². The molecule has 0 radical (unpaired) electrons. The van der Waals surface area contributed by atoms with E-state index in [4.69, 9.17) is 4.99 Å². The number of unbranched alkanes of at least 4 members (excludes halogenated alkanes) is 2. The Morgan fingerprint density at radius 1 is 1.15 bits per heavy atom. The summed E-state index contributed by atoms with van der Waals surface area (Å²) in [6.45, 7) is 11.2. The number of hydrogen-bond donors (Lipinski definition) is 1. The van der Waals surface area contributed by atoms with Crippen molar-refractivity contribution in [3.8, 4) is 0 Å². The van der Waals surface area contributed by atoms with Crippen LogP contribution in [-0.2, 0) is 0 Å². The van der Waals surface area contributed by atoms with E-state index in [-0.39, 0.29) is 0 Å². The van der Waals surface area contributed by atoms with Crippen LogP contribution in [0.5, 0.6) is 0 Å². The molecule has 0 saturated carbocycles. The largest absolute Gasteiger partial charge is 0.357 e. The summed E-state index contributed by atoms with van der Waals surface area (Å²) < 4.78 is 0. The smallest absolute Gasteiger partial charge is 0.193 e. The van der Waals surface area contributed by atoms with E-state index in [1.165, 1.54) is 58.2 Å². The molecular formula is C16H34N4. The van der Waals surface area contributed by atoms with Gasteiger partial charge in [-0.3, -0.25) is 4.99 Å². The molecule has 1 rings (SSSR count). The van der Waals surface area contributed by atoms with E-state index in [1.807, 2.05) is 0 Å². The Morgan fingerprint density at radius 2 is 1.90 bits per heavy atom. The first-order chi connectivity index (χ1) is 9.77. The van der Waals surface area contributed by atoms with Crippen molar-refractivity contribution >= 4 is 5.96 Å². The second kappa shape index (κ2) is 11.0. The molecule has 0 aliphatic carbocycles. The molecular weight excluding hydrogens is 248 g/mol. The van der Waals surface area contributed by atoms with Crippen molar-refractivity contribution in [2.75, 3.05) is 46.3 Å². The Hall–Kier alpha value is -0.770. The molecule has 118 valence electrons. The number of likely N-dealkylation sites (tertiary alicyclic amines) is 1. The molecule has 0 amide bonds. The SMILES string of the molecule is CCCCN(C)C(=NCCCCN1CCCC1)NCC. The zero-order valence-electron chi connectivity index (χ0n) is 13.8. The maximum absolute atomic E-state index is 4.74. The van der Waals surface area contributed by atoms with E-state index in [0.29, 0.717) is 0 Å². The lowest BCUT2D eigenvalue weighted by atomic mass is 10.3. The van der Waals surface area contributed by atoms with Gasteiger partial charge in [0.2, 0.25) is 0 Å². The minimum absolute atomic E-state index is 0.947. The van der Waals surface area contributed by atoms with Crippen molar-refractivity contribution in [3.05, 3.63) is 0 Å². The number of nitrogens with one attached hydrogen (secondary N) is 1. The van der Waals surface area contributed by atoms with Gasteiger partial charge in [-0.15, -0.1) is 0 Å². The van der Waals surface area contributed by atoms with Crippen LogP contribution in [0.15, 0.2) is 4.99 Å². The Balaban J connectivity index is 2.19. The van der Waals surface area contributed by atoms with Crippen molar-refractivity contribution in [2.45, 2.75) is 52.4 Å². The first-order valence-electron chi connectivity index (χ1n) is 8.49. The van der Waals surface area contributed by atoms with Gasteiger partial charge in [0, 0.05) is 26.7 Å². The van der Waals surface area contributed by atoms with Crippen LogP contribution in [0.1, 0.15) is 52.4 Å². The third-order valence-corrected chi connectivity index (χ3v) is 3.89. The lowest BCUT2D eigenvalue weighted by Gasteiger charge is -2.21. The van der Waals surface area contributed by atoms with Gasteiger partial charge in [0.15, 0.2) is 5.96 Å². The summed E-state index contributed by atoms with van der Waals surface area (Å²) in [5.41, 5.74) is 0. The minimum atomic E-state index is 0.947. The highest BCUT2D eigenvalue weighted by Crippen LogP contribution is 2.08. The highest BCUT2D eigenvalue weighted by Gasteiger charge is 2.10. The summed E-state index contributed by atoms with van der Waals surface area (Å²) in [6.07, 6.45) is 7.74. The van der Waals surface area contributed by atoms with Crippen molar-refractivity contribution in [1.82, 2.24) is 15.1 Å². The fourth-order valence-corrected chi connectivity index (χ4v) is 2.61. The summed E-state index contributed by atoms with van der Waals surface area (Å²) in [5, 5.41) is 3.39. The van der Waals surface area contributed by atoms with E-state index >= 15 is 0 Å². The molecule has 0 aromatic heterocycles. The predicted octanol–water partition coefficient (Wildman–Crippen LogP) is 2.56. The van der Waals surface area contributed by atoms with E-state index in [2.05, 4.69) is 36.0 Å². The second-order valence-electron chi connectivity index (χ2n) is 5.77. The fraction of sp³-hybridized carbons (Fsp3) is 0.938. The average Bonchev–Trinajstić information content (AvgIpc) is 2.96. The van der Waals surface area contributed by atoms with Gasteiger partial charge < -0.3 is 15.1 Å². The molecule has 1 heterocycles. The highest BCUT2D eigenvalue weighted by atomic mass is 15.3. The zero-order chi connectivity index (χ0) is 14.6. The average molecular weight is 282 g/mol. The number of guanidine groups is 1. The van der Waals surface area contributed by atoms with Crippen molar-refractivity contribution in [3.63, 3.8) is 0 Å². The maximum atomic E-state index is 4.74. The van der Waals surface area contributed by atoms with Gasteiger partial charge in [-0.1, -0.05) is 13.3 Å². The highest BCUT2D eigenvalue weighted by molar-refractivity contribution is 5.79. The van der Waals surface area contributed by atoms with Gasteiger partial charge in [0.1, 0.15) is 0 Å². The molecule has 1 aliphatic heterocycles. The van der Waals surface area contributed by atoms with Crippen LogP contribution in [0.3, 0.4) is 0 Å². The number of aliphatic imine (C=N–C) groups is 1. The number of hydrogen-bond acceptors (Lipinski definition) is 2. The van der Waals surface area contributed by atoms with Crippen molar-refractivity contribution in [1.29, 1.82) is 0 Å². The van der Waals surface area contributed by atoms with Gasteiger partial charge in [0.05, 0.1) is 0 Å². The van der Waals surface area contributed by atoms with Crippen LogP contribution in [0.25, 0.3) is 0 Å². The monoisotopic (exact) mass is 282 g/mol. The maximum Gasteiger partial charge on any atom is 0.193 e. The quantitative estimate of drug-likeness (QED) is 0.400. The number of nitrogens with zero attached hydrogens (tertiary/aromatic N) is 3. The van der Waals surface area contributed by atoms with E-state index in [1.54, 1.807) is 0 Å². The minimum Gasteiger partial charge on any atom is -0.357 e. The standard InChI is InChI=1S/C16H34N4/c1-4-6-12-19(3)16(17-5-2)18-11-7-8-13-20-14-9-10-15-20/h4-15H2,1-3H3,(H,17,18). The first-order valence-corrected chi connectivity index (χ1v) is 8.49. The van der Waals surface area contributed by atoms with Crippen LogP contribution >= 0.6 is 0 Å². The molecule has 0 bridgehead atoms. The van der Waals surface area contributed by atoms with Gasteiger partial charge >= 0.3 is 0 Å². The van der Waals surface area contributed by atoms with Crippen LogP contribution in [0.2, 0.25) is 0 Å². The molecule has 0 unspecified atom stereocenters. The molecule has 0 aromatic rings. The number of rotatable bonds is 9. The Morgan fingerprint density at radius 3 is 2.55 bits per heavy atom. The topological polar surface area (TPSA) is 30.9 Å². The Bertz CT molecular complexity index is 259. The lowest BCUT2D eigenvalue weighted by molar-refractivity contribution is 0.331. The molecule has 1 N–H and O–H groups in total. The Labute approximate surface area is 125 Å². The summed E-state index contributed by atoms with van der Waals surface area (Å²) in [7, 11) is 2.14. The zero-order valence-corrected chi connectivity index (χ0v) is 13.8. The molecule has 4 heteroatoms. The molecule has 0 atom stereocenters. The van der Waals surface area contributed by atoms with Gasteiger partial charge in [-0.25, -0.2) is 0 Å². The van der Waals surface area contributed by atoms with Gasteiger partial charge in [-0.2, -0.15) is 0 Å². The van der Waals surface area contributed by atoms with Crippen LogP contribution < -0.4 is 5.32 Å². The molecule has 20 heavy (non-hydrogen) atoms. The first kappa shape index (κ1) is 17.3. The summed E-state index contributed by atoms with van der Waals surface area (Å²) in [5.74, 6) is 1.07. The normalized spacial score (nSPS) is 16.6. The summed E-state index contributed by atoms with van der Waals surface area (Å²) >= 11 is 0. The molecule has 4 nitrogen and oxygen atoms in total. The van der Waals surface area contributed by atoms with Crippen molar-refractivity contribution < 1.29 is 0 Å². The third kappa shape index (κ3) is 7.13.